The number of halogens is 1. The van der Waals surface area contributed by atoms with Crippen LogP contribution in [0.1, 0.15) is 70.5 Å². The largest absolute Gasteiger partial charge is 0.461 e. The van der Waals surface area contributed by atoms with Crippen molar-refractivity contribution in [2.75, 3.05) is 18.0 Å². The van der Waals surface area contributed by atoms with Crippen LogP contribution >= 0.6 is 0 Å². The number of hydrogen-bond acceptors (Lipinski definition) is 5. The molecule has 232 valence electrons. The SMILES string of the molecule is Cc1nc(C)c(-c2ccc(C(=O)NCc3ccccc3)c(F)c2)c(N2CCC3(CCC3)CC2)c1CC(=O)OCc1ccccc1. The Labute approximate surface area is 264 Å². The number of aryl methyl sites for hydroxylation is 2. The second-order valence-electron chi connectivity index (χ2n) is 12.5. The number of carbonyl (C=O) groups excluding carboxylic acids is 2. The van der Waals surface area contributed by atoms with Crippen molar-refractivity contribution in [3.05, 3.63) is 118 Å². The van der Waals surface area contributed by atoms with Crippen molar-refractivity contribution in [2.24, 2.45) is 5.41 Å². The van der Waals surface area contributed by atoms with Gasteiger partial charge in [-0.1, -0.05) is 73.2 Å². The van der Waals surface area contributed by atoms with Gasteiger partial charge in [-0.05, 0) is 73.8 Å². The van der Waals surface area contributed by atoms with Crippen molar-refractivity contribution in [3.63, 3.8) is 0 Å². The third kappa shape index (κ3) is 6.77. The van der Waals surface area contributed by atoms with Crippen molar-refractivity contribution in [1.82, 2.24) is 10.3 Å². The molecule has 6 nitrogen and oxygen atoms in total. The van der Waals surface area contributed by atoms with Crippen LogP contribution in [0.15, 0.2) is 78.9 Å². The van der Waals surface area contributed by atoms with E-state index in [1.165, 1.54) is 25.3 Å². The molecule has 1 saturated heterocycles. The lowest BCUT2D eigenvalue weighted by Crippen LogP contribution is -2.44. The number of esters is 1. The summed E-state index contributed by atoms with van der Waals surface area (Å²) < 4.78 is 21.3. The summed E-state index contributed by atoms with van der Waals surface area (Å²) in [6, 6.07) is 23.9. The Bertz CT molecular complexity index is 1680. The molecule has 0 bridgehead atoms. The molecule has 0 atom stereocenters. The van der Waals surface area contributed by atoms with Crippen molar-refractivity contribution < 1.29 is 18.7 Å². The molecule has 0 unspecified atom stereocenters. The third-order valence-electron chi connectivity index (χ3n) is 9.57. The van der Waals surface area contributed by atoms with E-state index in [4.69, 9.17) is 9.72 Å². The van der Waals surface area contributed by atoms with Gasteiger partial charge in [0.1, 0.15) is 12.4 Å². The average molecular weight is 606 g/mol. The number of ether oxygens (including phenoxy) is 1. The first-order chi connectivity index (χ1) is 21.8. The Balaban J connectivity index is 1.31. The number of anilines is 1. The molecular weight excluding hydrogens is 565 g/mol. The van der Waals surface area contributed by atoms with E-state index >= 15 is 4.39 Å². The van der Waals surface area contributed by atoms with Gasteiger partial charge >= 0.3 is 5.97 Å². The molecule has 2 heterocycles. The minimum Gasteiger partial charge on any atom is -0.461 e. The maximum atomic E-state index is 15.7. The van der Waals surface area contributed by atoms with Crippen molar-refractivity contribution in [2.45, 2.75) is 65.5 Å². The van der Waals surface area contributed by atoms with Crippen LogP contribution in [0, 0.1) is 25.1 Å². The normalized spacial score (nSPS) is 15.4. The molecule has 1 amide bonds. The quantitative estimate of drug-likeness (QED) is 0.200. The summed E-state index contributed by atoms with van der Waals surface area (Å²) in [6.07, 6.45) is 6.11. The molecule has 1 aromatic heterocycles. The lowest BCUT2D eigenvalue weighted by Gasteiger charge is -2.49. The van der Waals surface area contributed by atoms with Gasteiger partial charge in [0.2, 0.25) is 0 Å². The molecular formula is C38H40FN3O3. The Morgan fingerprint density at radius 1 is 0.889 bits per heavy atom. The molecule has 1 aliphatic heterocycles. The van der Waals surface area contributed by atoms with Crippen LogP contribution in [-0.4, -0.2) is 29.9 Å². The highest BCUT2D eigenvalue weighted by atomic mass is 19.1. The smallest absolute Gasteiger partial charge is 0.310 e. The Hall–Kier alpha value is -4.52. The van der Waals surface area contributed by atoms with Gasteiger partial charge in [0.05, 0.1) is 17.7 Å². The van der Waals surface area contributed by atoms with Gasteiger partial charge in [0, 0.05) is 42.1 Å². The maximum absolute atomic E-state index is 15.7. The number of piperidine rings is 1. The fraction of sp³-hybridized carbons (Fsp3) is 0.342. The van der Waals surface area contributed by atoms with E-state index in [1.54, 1.807) is 12.1 Å². The number of rotatable bonds is 9. The van der Waals surface area contributed by atoms with E-state index in [1.807, 2.05) is 74.5 Å². The molecule has 6 rings (SSSR count). The van der Waals surface area contributed by atoms with Gasteiger partial charge in [-0.3, -0.25) is 14.6 Å². The molecule has 1 aliphatic carbocycles. The van der Waals surface area contributed by atoms with Crippen LogP contribution in [-0.2, 0) is 29.1 Å². The Morgan fingerprint density at radius 3 is 2.18 bits per heavy atom. The van der Waals surface area contributed by atoms with Crippen LogP contribution in [0.25, 0.3) is 11.1 Å². The average Bonchev–Trinajstić information content (AvgIpc) is 3.04. The van der Waals surface area contributed by atoms with Crippen LogP contribution in [0.2, 0.25) is 0 Å². The van der Waals surface area contributed by atoms with Gasteiger partial charge in [-0.25, -0.2) is 4.39 Å². The number of aromatic nitrogens is 1. The fourth-order valence-electron chi connectivity index (χ4n) is 6.82. The van der Waals surface area contributed by atoms with Crippen LogP contribution < -0.4 is 10.2 Å². The zero-order chi connectivity index (χ0) is 31.4. The van der Waals surface area contributed by atoms with Gasteiger partial charge < -0.3 is 15.0 Å². The number of carbonyl (C=O) groups is 2. The molecule has 2 aliphatic rings. The topological polar surface area (TPSA) is 71.5 Å². The highest BCUT2D eigenvalue weighted by Gasteiger charge is 2.40. The van der Waals surface area contributed by atoms with Gasteiger partial charge in [0.15, 0.2) is 0 Å². The number of hydrogen-bond donors (Lipinski definition) is 1. The summed E-state index contributed by atoms with van der Waals surface area (Å²) in [6.45, 7) is 6.10. The predicted octanol–water partition coefficient (Wildman–Crippen LogP) is 7.49. The summed E-state index contributed by atoms with van der Waals surface area (Å²) >= 11 is 0. The Morgan fingerprint density at radius 2 is 1.56 bits per heavy atom. The van der Waals surface area contributed by atoms with Gasteiger partial charge in [-0.2, -0.15) is 0 Å². The zero-order valence-electron chi connectivity index (χ0n) is 26.1. The first-order valence-electron chi connectivity index (χ1n) is 15.9. The maximum Gasteiger partial charge on any atom is 0.310 e. The molecule has 0 radical (unpaired) electrons. The van der Waals surface area contributed by atoms with E-state index in [0.717, 1.165) is 65.3 Å². The number of pyridine rings is 1. The van der Waals surface area contributed by atoms with E-state index < -0.39 is 11.7 Å². The lowest BCUT2D eigenvalue weighted by molar-refractivity contribution is -0.144. The Kier molecular flexibility index (Phi) is 8.97. The van der Waals surface area contributed by atoms with Crippen LogP contribution in [0.5, 0.6) is 0 Å². The summed E-state index contributed by atoms with van der Waals surface area (Å²) in [5.74, 6) is -1.39. The number of benzene rings is 3. The minimum absolute atomic E-state index is 0.0106. The monoisotopic (exact) mass is 605 g/mol. The number of nitrogens with zero attached hydrogens (tertiary/aromatic N) is 2. The van der Waals surface area contributed by atoms with Crippen molar-refractivity contribution in [3.8, 4) is 11.1 Å². The summed E-state index contributed by atoms with van der Waals surface area (Å²) in [4.78, 5) is 33.4. The van der Waals surface area contributed by atoms with E-state index in [2.05, 4.69) is 10.2 Å². The first-order valence-corrected chi connectivity index (χ1v) is 15.9. The van der Waals surface area contributed by atoms with Gasteiger partial charge in [0.25, 0.3) is 5.91 Å². The van der Waals surface area contributed by atoms with E-state index in [-0.39, 0.29) is 24.6 Å². The second kappa shape index (κ2) is 13.2. The first kappa shape index (κ1) is 30.5. The highest BCUT2D eigenvalue weighted by Crippen LogP contribution is 2.50. The lowest BCUT2D eigenvalue weighted by atomic mass is 9.63. The number of nitrogens with one attached hydrogen (secondary N) is 1. The van der Waals surface area contributed by atoms with Crippen LogP contribution in [0.4, 0.5) is 10.1 Å². The third-order valence-corrected chi connectivity index (χ3v) is 9.57. The summed E-state index contributed by atoms with van der Waals surface area (Å²) in [5.41, 5.74) is 6.98. The molecule has 45 heavy (non-hydrogen) atoms. The summed E-state index contributed by atoms with van der Waals surface area (Å²) in [5, 5.41) is 2.82. The molecule has 3 aromatic carbocycles. The van der Waals surface area contributed by atoms with E-state index in [9.17, 15) is 9.59 Å². The minimum atomic E-state index is -0.597. The second-order valence-corrected chi connectivity index (χ2v) is 12.5. The highest BCUT2D eigenvalue weighted by molar-refractivity contribution is 5.95. The summed E-state index contributed by atoms with van der Waals surface area (Å²) in [7, 11) is 0. The molecule has 1 N–H and O–H groups in total. The molecule has 1 spiro atoms. The van der Waals surface area contributed by atoms with Crippen LogP contribution in [0.3, 0.4) is 0 Å². The van der Waals surface area contributed by atoms with Crippen molar-refractivity contribution in [1.29, 1.82) is 0 Å². The molecule has 1 saturated carbocycles. The molecule has 2 fully saturated rings. The number of amides is 1. The zero-order valence-corrected chi connectivity index (χ0v) is 26.1. The van der Waals surface area contributed by atoms with Gasteiger partial charge in [-0.15, -0.1) is 0 Å². The standard InChI is InChI=1S/C38H40FN3O3/c1-26-32(23-34(43)45-25-29-12-7-4-8-13-29)36(42-20-18-38(19-21-42)16-9-17-38)35(27(2)41-26)30-14-15-31(33(39)22-30)37(44)40-24-28-10-5-3-6-11-28/h3-8,10-15,22H,9,16-21,23-25H2,1-2H3,(H,40,44). The predicted molar refractivity (Wildman–Crippen MR) is 174 cm³/mol. The fourth-order valence-corrected chi connectivity index (χ4v) is 6.82. The van der Waals surface area contributed by atoms with E-state index in [0.29, 0.717) is 17.5 Å². The molecule has 7 heteroatoms. The van der Waals surface area contributed by atoms with Crippen molar-refractivity contribution >= 4 is 17.6 Å². The molecule has 4 aromatic rings.